The quantitative estimate of drug-likeness (QED) is 0.889. The number of halogens is 1. The summed E-state index contributed by atoms with van der Waals surface area (Å²) in [6.45, 7) is 8.71. The number of hydrogen-bond acceptors (Lipinski definition) is 1. The summed E-state index contributed by atoms with van der Waals surface area (Å²) in [6.07, 6.45) is 5.32. The van der Waals surface area contributed by atoms with Gasteiger partial charge in [-0.3, -0.25) is 4.79 Å². The molecule has 1 N–H and O–H groups in total. The van der Waals surface area contributed by atoms with E-state index in [0.29, 0.717) is 11.5 Å². The van der Waals surface area contributed by atoms with Gasteiger partial charge in [0.2, 0.25) is 0 Å². The van der Waals surface area contributed by atoms with Crippen LogP contribution in [0.25, 0.3) is 0 Å². The minimum Gasteiger partial charge on any atom is -0.348 e. The number of amides is 1. The van der Waals surface area contributed by atoms with E-state index in [1.54, 1.807) is 0 Å². The summed E-state index contributed by atoms with van der Waals surface area (Å²) in [4.78, 5) is 12.4. The Morgan fingerprint density at radius 1 is 1.53 bits per heavy atom. The van der Waals surface area contributed by atoms with E-state index in [2.05, 4.69) is 48.9 Å². The first-order chi connectivity index (χ1) is 8.78. The van der Waals surface area contributed by atoms with Gasteiger partial charge in [-0.1, -0.05) is 13.8 Å². The predicted octanol–water partition coefficient (Wildman–Crippen LogP) is 4.14. The zero-order chi connectivity index (χ0) is 14.2. The van der Waals surface area contributed by atoms with Gasteiger partial charge in [0.1, 0.15) is 5.69 Å². The lowest BCUT2D eigenvalue weighted by Crippen LogP contribution is -2.34. The summed E-state index contributed by atoms with van der Waals surface area (Å²) in [5.74, 6) is 0.0436. The second-order valence-electron chi connectivity index (χ2n) is 6.62. The molecular weight excluding hydrogens is 304 g/mol. The van der Waals surface area contributed by atoms with Crippen LogP contribution in [0.15, 0.2) is 16.7 Å². The number of nitrogens with zero attached hydrogens (tertiary/aromatic N) is 1. The molecule has 106 valence electrons. The molecule has 3 nitrogen and oxygen atoms in total. The van der Waals surface area contributed by atoms with Crippen molar-refractivity contribution in [3.63, 3.8) is 0 Å². The fourth-order valence-corrected chi connectivity index (χ4v) is 3.31. The molecule has 1 saturated carbocycles. The second-order valence-corrected chi connectivity index (χ2v) is 7.54. The van der Waals surface area contributed by atoms with E-state index in [0.717, 1.165) is 23.0 Å². The average molecular weight is 327 g/mol. The Kier molecular flexibility index (Phi) is 4.09. The van der Waals surface area contributed by atoms with Gasteiger partial charge in [-0.25, -0.2) is 0 Å². The van der Waals surface area contributed by atoms with Gasteiger partial charge >= 0.3 is 0 Å². The molecule has 1 aliphatic carbocycles. The number of nitrogens with one attached hydrogen (secondary N) is 1. The number of rotatable bonds is 3. The molecule has 0 spiro atoms. The highest BCUT2D eigenvalue weighted by Gasteiger charge is 2.32. The zero-order valence-corrected chi connectivity index (χ0v) is 13.8. The van der Waals surface area contributed by atoms with Crippen LogP contribution in [0.1, 0.15) is 63.5 Å². The summed E-state index contributed by atoms with van der Waals surface area (Å²) >= 11 is 3.45. The van der Waals surface area contributed by atoms with E-state index >= 15 is 0 Å². The molecule has 0 aliphatic heterocycles. The zero-order valence-electron chi connectivity index (χ0n) is 12.2. The Bertz CT molecular complexity index is 476. The van der Waals surface area contributed by atoms with Crippen LogP contribution in [-0.2, 0) is 0 Å². The van der Waals surface area contributed by atoms with Gasteiger partial charge in [0.05, 0.1) is 0 Å². The lowest BCUT2D eigenvalue weighted by atomic mass is 9.92. The maximum absolute atomic E-state index is 12.4. The largest absolute Gasteiger partial charge is 0.348 e. The Morgan fingerprint density at radius 3 is 2.74 bits per heavy atom. The monoisotopic (exact) mass is 326 g/mol. The molecule has 1 heterocycles. The number of aromatic nitrogens is 1. The van der Waals surface area contributed by atoms with Gasteiger partial charge in [-0.15, -0.1) is 0 Å². The van der Waals surface area contributed by atoms with Crippen LogP contribution < -0.4 is 5.32 Å². The highest BCUT2D eigenvalue weighted by Crippen LogP contribution is 2.37. The van der Waals surface area contributed by atoms with E-state index in [1.165, 1.54) is 6.42 Å². The van der Waals surface area contributed by atoms with Gasteiger partial charge in [0.15, 0.2) is 0 Å². The number of carbonyl (C=O) groups excluding carboxylic acids is 1. The molecule has 1 atom stereocenters. The van der Waals surface area contributed by atoms with E-state index in [1.807, 2.05) is 16.8 Å². The van der Waals surface area contributed by atoms with Gasteiger partial charge < -0.3 is 9.88 Å². The SMILES string of the molecule is CC(C)n1cc(Br)cc1C(=O)NC1CCC(C)(C)C1. The molecule has 0 aromatic carbocycles. The number of carbonyl (C=O) groups is 1. The van der Waals surface area contributed by atoms with E-state index in [4.69, 9.17) is 0 Å². The van der Waals surface area contributed by atoms with Gasteiger partial charge in [0.25, 0.3) is 5.91 Å². The molecule has 19 heavy (non-hydrogen) atoms. The summed E-state index contributed by atoms with van der Waals surface area (Å²) < 4.78 is 2.97. The first-order valence-corrected chi connectivity index (χ1v) is 7.76. The van der Waals surface area contributed by atoms with Crippen LogP contribution in [0, 0.1) is 5.41 Å². The Balaban J connectivity index is 2.08. The Morgan fingerprint density at radius 2 is 2.21 bits per heavy atom. The van der Waals surface area contributed by atoms with Crippen LogP contribution >= 0.6 is 15.9 Å². The minimum absolute atomic E-state index is 0.0436. The molecule has 0 saturated heterocycles. The molecule has 1 fully saturated rings. The van der Waals surface area contributed by atoms with E-state index in [-0.39, 0.29) is 11.9 Å². The fraction of sp³-hybridized carbons (Fsp3) is 0.667. The van der Waals surface area contributed by atoms with Crippen molar-refractivity contribution in [1.29, 1.82) is 0 Å². The molecule has 1 aromatic heterocycles. The molecule has 2 rings (SSSR count). The van der Waals surface area contributed by atoms with Gasteiger partial charge in [-0.05, 0) is 60.5 Å². The molecule has 1 unspecified atom stereocenters. The maximum atomic E-state index is 12.4. The van der Waals surface area contributed by atoms with E-state index < -0.39 is 0 Å². The second kappa shape index (κ2) is 5.31. The molecule has 0 radical (unpaired) electrons. The first-order valence-electron chi connectivity index (χ1n) is 6.97. The predicted molar refractivity (Wildman–Crippen MR) is 81.4 cm³/mol. The molecule has 4 heteroatoms. The lowest BCUT2D eigenvalue weighted by Gasteiger charge is -2.19. The topological polar surface area (TPSA) is 34.0 Å². The third kappa shape index (κ3) is 3.41. The Hall–Kier alpha value is -0.770. The minimum atomic E-state index is 0.0436. The molecule has 1 aliphatic rings. The van der Waals surface area contributed by atoms with Crippen LogP contribution in [0.4, 0.5) is 0 Å². The molecule has 0 bridgehead atoms. The summed E-state index contributed by atoms with van der Waals surface area (Å²) in [7, 11) is 0. The first kappa shape index (κ1) is 14.6. The smallest absolute Gasteiger partial charge is 0.268 e. The lowest BCUT2D eigenvalue weighted by molar-refractivity contribution is 0.0925. The molecule has 1 amide bonds. The fourth-order valence-electron chi connectivity index (χ4n) is 2.87. The van der Waals surface area contributed by atoms with Crippen molar-refractivity contribution in [2.24, 2.45) is 5.41 Å². The number of hydrogen-bond donors (Lipinski definition) is 1. The summed E-state index contributed by atoms with van der Waals surface area (Å²) in [5.41, 5.74) is 1.10. The summed E-state index contributed by atoms with van der Waals surface area (Å²) in [6, 6.07) is 2.50. The van der Waals surface area contributed by atoms with Crippen LogP contribution in [-0.4, -0.2) is 16.5 Å². The van der Waals surface area contributed by atoms with E-state index in [9.17, 15) is 4.79 Å². The van der Waals surface area contributed by atoms with Crippen molar-refractivity contribution in [3.05, 3.63) is 22.4 Å². The van der Waals surface area contributed by atoms with Crippen molar-refractivity contribution in [2.45, 2.75) is 59.0 Å². The maximum Gasteiger partial charge on any atom is 0.268 e. The Labute approximate surface area is 123 Å². The average Bonchev–Trinajstić information content (AvgIpc) is 2.82. The van der Waals surface area contributed by atoms with Crippen molar-refractivity contribution in [1.82, 2.24) is 9.88 Å². The molecule has 1 aromatic rings. The highest BCUT2D eigenvalue weighted by molar-refractivity contribution is 9.10. The van der Waals surface area contributed by atoms with Crippen molar-refractivity contribution in [2.75, 3.05) is 0 Å². The third-order valence-corrected chi connectivity index (χ3v) is 4.34. The van der Waals surface area contributed by atoms with Crippen molar-refractivity contribution >= 4 is 21.8 Å². The van der Waals surface area contributed by atoms with Gasteiger partial charge in [0, 0.05) is 22.8 Å². The third-order valence-electron chi connectivity index (χ3n) is 3.91. The standard InChI is InChI=1S/C15H23BrN2O/c1-10(2)18-9-11(16)7-13(18)14(19)17-12-5-6-15(3,4)8-12/h7,9-10,12H,5-6,8H2,1-4H3,(H,17,19). The van der Waals surface area contributed by atoms with Crippen molar-refractivity contribution in [3.8, 4) is 0 Å². The highest BCUT2D eigenvalue weighted by atomic mass is 79.9. The van der Waals surface area contributed by atoms with Crippen LogP contribution in [0.3, 0.4) is 0 Å². The summed E-state index contributed by atoms with van der Waals surface area (Å²) in [5, 5.41) is 3.18. The normalized spacial score (nSPS) is 21.9. The van der Waals surface area contributed by atoms with Crippen LogP contribution in [0.5, 0.6) is 0 Å². The van der Waals surface area contributed by atoms with Crippen molar-refractivity contribution < 1.29 is 4.79 Å². The molecular formula is C15H23BrN2O. The van der Waals surface area contributed by atoms with Gasteiger partial charge in [-0.2, -0.15) is 0 Å². The van der Waals surface area contributed by atoms with Crippen LogP contribution in [0.2, 0.25) is 0 Å².